The van der Waals surface area contributed by atoms with E-state index < -0.39 is 0 Å². The highest BCUT2D eigenvalue weighted by molar-refractivity contribution is 5.85. The van der Waals surface area contributed by atoms with Crippen LogP contribution < -0.4 is 11.3 Å². The van der Waals surface area contributed by atoms with Crippen molar-refractivity contribution in [3.63, 3.8) is 0 Å². The summed E-state index contributed by atoms with van der Waals surface area (Å²) in [5.74, 6) is 0.773. The fraction of sp³-hybridized carbons (Fsp3) is 0.238. The first-order chi connectivity index (χ1) is 12.0. The standard InChI is InChI=1S/C21H21N3O/c1-13-5-6-15(14(2)10-13)11-16-4-3-9-24-20(16)23-19-12-17(22)7-8-18(19)21(24)25/h5-8,10-12H,3-4,9,22H2,1-2H3/b16-11+. The first-order valence-corrected chi connectivity index (χ1v) is 8.61. The molecule has 0 radical (unpaired) electrons. The highest BCUT2D eigenvalue weighted by atomic mass is 16.1. The lowest BCUT2D eigenvalue weighted by molar-refractivity contribution is 0.587. The van der Waals surface area contributed by atoms with E-state index in [1.165, 1.54) is 16.7 Å². The van der Waals surface area contributed by atoms with E-state index in [0.717, 1.165) is 24.2 Å². The van der Waals surface area contributed by atoms with Crippen molar-refractivity contribution in [2.24, 2.45) is 0 Å². The van der Waals surface area contributed by atoms with Gasteiger partial charge in [-0.3, -0.25) is 9.36 Å². The van der Waals surface area contributed by atoms with Crippen LogP contribution in [0.4, 0.5) is 5.69 Å². The van der Waals surface area contributed by atoms with Gasteiger partial charge in [0.15, 0.2) is 0 Å². The van der Waals surface area contributed by atoms with Crippen molar-refractivity contribution in [3.05, 3.63) is 69.3 Å². The van der Waals surface area contributed by atoms with Gasteiger partial charge in [-0.25, -0.2) is 4.98 Å². The number of nitrogens with two attached hydrogens (primary N) is 1. The third-order valence-corrected chi connectivity index (χ3v) is 4.85. The molecule has 2 N–H and O–H groups in total. The van der Waals surface area contributed by atoms with Crippen LogP contribution in [0.5, 0.6) is 0 Å². The maximum atomic E-state index is 12.8. The van der Waals surface area contributed by atoms with Gasteiger partial charge < -0.3 is 5.73 Å². The zero-order valence-electron chi connectivity index (χ0n) is 14.5. The molecule has 0 bridgehead atoms. The summed E-state index contributed by atoms with van der Waals surface area (Å²) in [6.07, 6.45) is 4.05. The van der Waals surface area contributed by atoms with Gasteiger partial charge in [0.2, 0.25) is 0 Å². The Labute approximate surface area is 146 Å². The number of aryl methyl sites for hydroxylation is 2. The molecule has 1 aromatic heterocycles. The molecule has 4 heteroatoms. The lowest BCUT2D eigenvalue weighted by Gasteiger charge is -2.21. The topological polar surface area (TPSA) is 60.9 Å². The highest BCUT2D eigenvalue weighted by Crippen LogP contribution is 2.28. The first-order valence-electron chi connectivity index (χ1n) is 8.61. The second-order valence-electron chi connectivity index (χ2n) is 6.80. The Morgan fingerprint density at radius 3 is 2.80 bits per heavy atom. The molecule has 0 unspecified atom stereocenters. The number of anilines is 1. The molecular formula is C21H21N3O. The molecule has 0 fully saturated rings. The van der Waals surface area contributed by atoms with Crippen LogP contribution in [0.15, 0.2) is 41.2 Å². The van der Waals surface area contributed by atoms with Gasteiger partial charge in [0.1, 0.15) is 5.82 Å². The van der Waals surface area contributed by atoms with E-state index in [1.807, 2.05) is 0 Å². The highest BCUT2D eigenvalue weighted by Gasteiger charge is 2.19. The average Bonchev–Trinajstić information content (AvgIpc) is 2.58. The second-order valence-corrected chi connectivity index (χ2v) is 6.80. The van der Waals surface area contributed by atoms with Crippen LogP contribution in [0.3, 0.4) is 0 Å². The quantitative estimate of drug-likeness (QED) is 0.687. The second kappa shape index (κ2) is 5.88. The summed E-state index contributed by atoms with van der Waals surface area (Å²) in [6.45, 7) is 4.92. The molecule has 126 valence electrons. The molecule has 0 saturated heterocycles. The molecule has 1 aliphatic rings. The fourth-order valence-corrected chi connectivity index (χ4v) is 3.54. The van der Waals surface area contributed by atoms with E-state index in [2.05, 4.69) is 38.1 Å². The number of fused-ring (bicyclic) bond motifs is 2. The van der Waals surface area contributed by atoms with E-state index in [9.17, 15) is 4.79 Å². The summed E-state index contributed by atoms with van der Waals surface area (Å²) >= 11 is 0. The third kappa shape index (κ3) is 2.74. The zero-order valence-corrected chi connectivity index (χ0v) is 14.5. The van der Waals surface area contributed by atoms with Gasteiger partial charge in [0.25, 0.3) is 5.56 Å². The summed E-state index contributed by atoms with van der Waals surface area (Å²) < 4.78 is 1.80. The largest absolute Gasteiger partial charge is 0.399 e. The van der Waals surface area contributed by atoms with E-state index >= 15 is 0 Å². The van der Waals surface area contributed by atoms with Gasteiger partial charge >= 0.3 is 0 Å². The van der Waals surface area contributed by atoms with Gasteiger partial charge in [0, 0.05) is 12.2 Å². The first kappa shape index (κ1) is 15.6. The van der Waals surface area contributed by atoms with Gasteiger partial charge in [-0.1, -0.05) is 23.8 Å². The van der Waals surface area contributed by atoms with Crippen molar-refractivity contribution in [1.29, 1.82) is 0 Å². The maximum Gasteiger partial charge on any atom is 0.261 e. The van der Waals surface area contributed by atoms with Crippen LogP contribution in [0.25, 0.3) is 22.6 Å². The van der Waals surface area contributed by atoms with E-state index in [1.54, 1.807) is 22.8 Å². The van der Waals surface area contributed by atoms with Gasteiger partial charge in [-0.05, 0) is 67.7 Å². The van der Waals surface area contributed by atoms with Crippen molar-refractivity contribution in [2.75, 3.05) is 5.73 Å². The Bertz CT molecular complexity index is 1080. The fourth-order valence-electron chi connectivity index (χ4n) is 3.54. The van der Waals surface area contributed by atoms with Crippen LogP contribution >= 0.6 is 0 Å². The Kier molecular flexibility index (Phi) is 3.68. The molecule has 0 aliphatic carbocycles. The summed E-state index contributed by atoms with van der Waals surface area (Å²) in [4.78, 5) is 17.6. The Hall–Kier alpha value is -2.88. The number of aromatic nitrogens is 2. The summed E-state index contributed by atoms with van der Waals surface area (Å²) in [5, 5.41) is 0.630. The number of rotatable bonds is 1. The third-order valence-electron chi connectivity index (χ3n) is 4.85. The molecule has 4 rings (SSSR count). The number of hydrogen-bond acceptors (Lipinski definition) is 3. The molecule has 0 spiro atoms. The molecule has 0 amide bonds. The number of allylic oxidation sites excluding steroid dienone is 1. The minimum absolute atomic E-state index is 0.0197. The monoisotopic (exact) mass is 331 g/mol. The number of hydrogen-bond donors (Lipinski definition) is 1. The average molecular weight is 331 g/mol. The van der Waals surface area contributed by atoms with Crippen molar-refractivity contribution < 1.29 is 0 Å². The lowest BCUT2D eigenvalue weighted by Crippen LogP contribution is -2.27. The van der Waals surface area contributed by atoms with E-state index in [4.69, 9.17) is 10.7 Å². The van der Waals surface area contributed by atoms with E-state index in [-0.39, 0.29) is 5.56 Å². The molecule has 2 aromatic carbocycles. The molecule has 0 atom stereocenters. The molecule has 1 aliphatic heterocycles. The molecule has 2 heterocycles. The predicted molar refractivity (Wildman–Crippen MR) is 103 cm³/mol. The SMILES string of the molecule is Cc1ccc(/C=C2\CCCn3c2nc2cc(N)ccc2c3=O)c(C)c1. The normalized spacial score (nSPS) is 15.5. The van der Waals surface area contributed by atoms with Gasteiger partial charge in [-0.15, -0.1) is 0 Å². The summed E-state index contributed by atoms with van der Waals surface area (Å²) in [7, 11) is 0. The van der Waals surface area contributed by atoms with Crippen molar-refractivity contribution in [2.45, 2.75) is 33.2 Å². The number of nitrogen functional groups attached to an aromatic ring is 1. The molecule has 3 aromatic rings. The zero-order chi connectivity index (χ0) is 17.6. The van der Waals surface area contributed by atoms with Crippen molar-refractivity contribution in [3.8, 4) is 0 Å². The lowest BCUT2D eigenvalue weighted by atomic mass is 9.98. The Morgan fingerprint density at radius 1 is 1.16 bits per heavy atom. The van der Waals surface area contributed by atoms with Gasteiger partial charge in [0.05, 0.1) is 10.9 Å². The van der Waals surface area contributed by atoms with Crippen molar-refractivity contribution >= 4 is 28.2 Å². The number of nitrogens with zero attached hydrogens (tertiary/aromatic N) is 2. The van der Waals surface area contributed by atoms with Crippen LogP contribution in [-0.4, -0.2) is 9.55 Å². The van der Waals surface area contributed by atoms with E-state index in [0.29, 0.717) is 23.1 Å². The summed E-state index contributed by atoms with van der Waals surface area (Å²) in [6, 6.07) is 11.7. The summed E-state index contributed by atoms with van der Waals surface area (Å²) in [5.41, 5.74) is 12.0. The smallest absolute Gasteiger partial charge is 0.261 e. The molecule has 25 heavy (non-hydrogen) atoms. The van der Waals surface area contributed by atoms with Crippen LogP contribution in [-0.2, 0) is 6.54 Å². The Balaban J connectivity index is 1.93. The molecule has 4 nitrogen and oxygen atoms in total. The number of benzene rings is 2. The maximum absolute atomic E-state index is 12.8. The predicted octanol–water partition coefficient (Wildman–Crippen LogP) is 3.93. The van der Waals surface area contributed by atoms with Crippen LogP contribution in [0.1, 0.15) is 35.4 Å². The molecule has 0 saturated carbocycles. The van der Waals surface area contributed by atoms with Crippen molar-refractivity contribution in [1.82, 2.24) is 9.55 Å². The minimum atomic E-state index is 0.0197. The minimum Gasteiger partial charge on any atom is -0.399 e. The molecular weight excluding hydrogens is 310 g/mol. The van der Waals surface area contributed by atoms with Crippen LogP contribution in [0, 0.1) is 13.8 Å². The van der Waals surface area contributed by atoms with Crippen LogP contribution in [0.2, 0.25) is 0 Å². The Morgan fingerprint density at radius 2 is 2.00 bits per heavy atom. The van der Waals surface area contributed by atoms with Gasteiger partial charge in [-0.2, -0.15) is 0 Å².